The Morgan fingerprint density at radius 1 is 1.18 bits per heavy atom. The number of aryl methyl sites for hydroxylation is 1. The molecule has 34 heavy (non-hydrogen) atoms. The number of amides is 1. The van der Waals surface area contributed by atoms with Gasteiger partial charge in [0.2, 0.25) is 5.91 Å². The lowest BCUT2D eigenvalue weighted by Gasteiger charge is -2.32. The molecule has 1 amide bonds. The van der Waals surface area contributed by atoms with Crippen molar-refractivity contribution < 1.29 is 4.79 Å². The van der Waals surface area contributed by atoms with Crippen molar-refractivity contribution in [2.75, 3.05) is 33.7 Å². The minimum Gasteiger partial charge on any atom is -0.354 e. The third-order valence-electron chi connectivity index (χ3n) is 7.22. The number of nitrogens with one attached hydrogen (secondary N) is 1. The van der Waals surface area contributed by atoms with Gasteiger partial charge in [-0.2, -0.15) is 5.10 Å². The highest BCUT2D eigenvalue weighted by molar-refractivity contribution is 5.93. The summed E-state index contributed by atoms with van der Waals surface area (Å²) in [6.07, 6.45) is 6.00. The summed E-state index contributed by atoms with van der Waals surface area (Å²) in [5, 5.41) is 6.70. The summed E-state index contributed by atoms with van der Waals surface area (Å²) in [5.41, 5.74) is 7.06. The largest absolute Gasteiger partial charge is 0.354 e. The second-order valence-corrected chi connectivity index (χ2v) is 10.1. The Kier molecular flexibility index (Phi) is 5.90. The van der Waals surface area contributed by atoms with Crippen molar-refractivity contribution in [2.24, 2.45) is 7.05 Å². The highest BCUT2D eigenvalue weighted by Crippen LogP contribution is 2.38. The monoisotopic (exact) mass is 458 g/mol. The Hall–Kier alpha value is -3.19. The maximum atomic E-state index is 12.1. The van der Waals surface area contributed by atoms with E-state index in [1.54, 1.807) is 4.90 Å². The molecule has 1 aliphatic rings. The van der Waals surface area contributed by atoms with Gasteiger partial charge in [0.15, 0.2) is 5.65 Å². The molecule has 0 unspecified atom stereocenters. The summed E-state index contributed by atoms with van der Waals surface area (Å²) in [5.74, 6) is 1.09. The maximum Gasteiger partial charge on any atom is 0.236 e. The molecule has 1 N–H and O–H groups in total. The highest BCUT2D eigenvalue weighted by Gasteiger charge is 2.24. The van der Waals surface area contributed by atoms with Crippen molar-refractivity contribution in [3.8, 4) is 11.3 Å². The van der Waals surface area contributed by atoms with Crippen LogP contribution in [0.3, 0.4) is 0 Å². The van der Waals surface area contributed by atoms with Crippen molar-refractivity contribution in [2.45, 2.75) is 38.5 Å². The third-order valence-corrected chi connectivity index (χ3v) is 7.22. The van der Waals surface area contributed by atoms with Crippen LogP contribution in [0.4, 0.5) is 0 Å². The van der Waals surface area contributed by atoms with Gasteiger partial charge in [-0.1, -0.05) is 19.9 Å². The second-order valence-electron chi connectivity index (χ2n) is 10.1. The van der Waals surface area contributed by atoms with Crippen molar-refractivity contribution in [1.82, 2.24) is 29.5 Å². The number of benzene rings is 1. The lowest BCUT2D eigenvalue weighted by molar-refractivity contribution is -0.130. The molecule has 178 valence electrons. The fourth-order valence-electron chi connectivity index (χ4n) is 5.25. The quantitative estimate of drug-likeness (QED) is 0.478. The minimum absolute atomic E-state index is 0.181. The lowest BCUT2D eigenvalue weighted by Crippen LogP contribution is -2.40. The van der Waals surface area contributed by atoms with Crippen LogP contribution in [-0.4, -0.2) is 69.2 Å². The van der Waals surface area contributed by atoms with Crippen LogP contribution in [0.2, 0.25) is 0 Å². The van der Waals surface area contributed by atoms with Crippen molar-refractivity contribution >= 4 is 27.8 Å². The Labute approximate surface area is 200 Å². The molecule has 0 spiro atoms. The first kappa shape index (κ1) is 22.6. The zero-order valence-electron chi connectivity index (χ0n) is 20.8. The van der Waals surface area contributed by atoms with Crippen LogP contribution < -0.4 is 0 Å². The molecule has 0 atom stereocenters. The van der Waals surface area contributed by atoms with Crippen LogP contribution in [0, 0.1) is 0 Å². The predicted octanol–water partition coefficient (Wildman–Crippen LogP) is 4.51. The van der Waals surface area contributed by atoms with E-state index in [2.05, 4.69) is 58.1 Å². The van der Waals surface area contributed by atoms with Crippen LogP contribution in [0.15, 0.2) is 36.7 Å². The molecule has 0 bridgehead atoms. The molecule has 0 aliphatic carbocycles. The van der Waals surface area contributed by atoms with Crippen molar-refractivity contribution in [3.63, 3.8) is 0 Å². The van der Waals surface area contributed by atoms with E-state index in [9.17, 15) is 4.79 Å². The molecule has 4 aromatic rings. The average Bonchev–Trinajstić information content (AvgIpc) is 3.39. The number of hydrogen-bond donors (Lipinski definition) is 1. The van der Waals surface area contributed by atoms with E-state index in [0.717, 1.165) is 48.2 Å². The Bertz CT molecular complexity index is 1340. The SMILES string of the molecule is CC(C)c1c(-c2cnc3c(cnn3C)c2)[nH]c2ccc(C3CCN(CC(=O)N(C)C)CC3)cc12. The Morgan fingerprint density at radius 2 is 1.94 bits per heavy atom. The van der Waals surface area contributed by atoms with E-state index < -0.39 is 0 Å². The van der Waals surface area contributed by atoms with Crippen LogP contribution in [-0.2, 0) is 11.8 Å². The Morgan fingerprint density at radius 3 is 2.65 bits per heavy atom. The summed E-state index contributed by atoms with van der Waals surface area (Å²) in [6.45, 7) is 6.97. The van der Waals surface area contributed by atoms with E-state index in [1.165, 1.54) is 22.0 Å². The number of carbonyl (C=O) groups excluding carboxylic acids is 1. The summed E-state index contributed by atoms with van der Waals surface area (Å²) < 4.78 is 1.81. The predicted molar refractivity (Wildman–Crippen MR) is 137 cm³/mol. The maximum absolute atomic E-state index is 12.1. The minimum atomic E-state index is 0.181. The first-order valence-electron chi connectivity index (χ1n) is 12.2. The molecular formula is C27H34N6O. The number of likely N-dealkylation sites (N-methyl/N-ethyl adjacent to an activating group) is 1. The molecule has 0 radical (unpaired) electrons. The number of H-pyrrole nitrogens is 1. The standard InChI is InChI=1S/C27H34N6O/c1-17(2)25-22-13-19(18-8-10-33(11-9-18)16-24(34)31(3)4)6-7-23(22)30-26(25)20-12-21-15-29-32(5)27(21)28-14-20/h6-7,12-15,17-18,30H,8-11,16H2,1-5H3. The van der Waals surface area contributed by atoms with Crippen molar-refractivity contribution in [1.29, 1.82) is 0 Å². The number of aromatic amines is 1. The number of aromatic nitrogens is 4. The molecule has 0 saturated carbocycles. The van der Waals surface area contributed by atoms with E-state index in [1.807, 2.05) is 38.2 Å². The normalized spacial score (nSPS) is 15.6. The fraction of sp³-hybridized carbons (Fsp3) is 0.444. The molecule has 1 aromatic carbocycles. The lowest BCUT2D eigenvalue weighted by atomic mass is 9.87. The van der Waals surface area contributed by atoms with Gasteiger partial charge in [0, 0.05) is 49.2 Å². The molecule has 1 saturated heterocycles. The summed E-state index contributed by atoms with van der Waals surface area (Å²) in [6, 6.07) is 9.09. The van der Waals surface area contributed by atoms with Crippen molar-refractivity contribution in [3.05, 3.63) is 47.8 Å². The molecular weight excluding hydrogens is 424 g/mol. The fourth-order valence-corrected chi connectivity index (χ4v) is 5.25. The zero-order chi connectivity index (χ0) is 24.0. The van der Waals surface area contributed by atoms with Gasteiger partial charge in [0.1, 0.15) is 0 Å². The first-order chi connectivity index (χ1) is 16.3. The first-order valence-corrected chi connectivity index (χ1v) is 12.2. The van der Waals surface area contributed by atoms with Gasteiger partial charge in [-0.15, -0.1) is 0 Å². The number of rotatable bonds is 5. The van der Waals surface area contributed by atoms with Crippen LogP contribution in [0.25, 0.3) is 33.2 Å². The number of nitrogens with zero attached hydrogens (tertiary/aromatic N) is 5. The summed E-state index contributed by atoms with van der Waals surface area (Å²) >= 11 is 0. The van der Waals surface area contributed by atoms with Gasteiger partial charge in [-0.3, -0.25) is 14.4 Å². The van der Waals surface area contributed by atoms with Gasteiger partial charge < -0.3 is 9.88 Å². The molecule has 1 fully saturated rings. The number of fused-ring (bicyclic) bond motifs is 2. The molecule has 7 nitrogen and oxygen atoms in total. The smallest absolute Gasteiger partial charge is 0.236 e. The number of likely N-dealkylation sites (tertiary alicyclic amines) is 1. The van der Waals surface area contributed by atoms with Crippen LogP contribution in [0.1, 0.15) is 49.7 Å². The van der Waals surface area contributed by atoms with Gasteiger partial charge in [0.25, 0.3) is 0 Å². The van der Waals surface area contributed by atoms with Gasteiger partial charge in [-0.25, -0.2) is 4.98 Å². The molecule has 7 heteroatoms. The molecule has 3 aromatic heterocycles. The number of hydrogen-bond acceptors (Lipinski definition) is 4. The van der Waals surface area contributed by atoms with E-state index in [4.69, 9.17) is 0 Å². The highest BCUT2D eigenvalue weighted by atomic mass is 16.2. The summed E-state index contributed by atoms with van der Waals surface area (Å²) in [7, 11) is 5.57. The summed E-state index contributed by atoms with van der Waals surface area (Å²) in [4.78, 5) is 24.4. The average molecular weight is 459 g/mol. The van der Waals surface area contributed by atoms with Crippen LogP contribution >= 0.6 is 0 Å². The molecule has 5 rings (SSSR count). The third kappa shape index (κ3) is 4.09. The Balaban J connectivity index is 1.44. The molecule has 4 heterocycles. The topological polar surface area (TPSA) is 70.0 Å². The van der Waals surface area contributed by atoms with E-state index in [-0.39, 0.29) is 5.91 Å². The van der Waals surface area contributed by atoms with Gasteiger partial charge in [0.05, 0.1) is 18.4 Å². The zero-order valence-corrected chi connectivity index (χ0v) is 20.8. The second kappa shape index (κ2) is 8.87. The number of carbonyl (C=O) groups is 1. The van der Waals surface area contributed by atoms with Gasteiger partial charge in [-0.05, 0) is 67.1 Å². The number of piperidine rings is 1. The van der Waals surface area contributed by atoms with Gasteiger partial charge >= 0.3 is 0 Å². The van der Waals surface area contributed by atoms with Crippen LogP contribution in [0.5, 0.6) is 0 Å². The van der Waals surface area contributed by atoms with E-state index in [0.29, 0.717) is 18.4 Å². The number of pyridine rings is 1. The van der Waals surface area contributed by atoms with E-state index >= 15 is 0 Å². The molecule has 1 aliphatic heterocycles.